The van der Waals surface area contributed by atoms with E-state index in [4.69, 9.17) is 13.6 Å². The molecule has 1 aromatic carbocycles. The van der Waals surface area contributed by atoms with Gasteiger partial charge in [-0.25, -0.2) is 0 Å². The van der Waals surface area contributed by atoms with Crippen molar-refractivity contribution in [3.8, 4) is 16.2 Å². The fourth-order valence-corrected chi connectivity index (χ4v) is 2.77. The summed E-state index contributed by atoms with van der Waals surface area (Å²) in [5, 5.41) is 12.1. The van der Waals surface area contributed by atoms with E-state index in [0.717, 1.165) is 21.5 Å². The lowest BCUT2D eigenvalue weighted by Crippen LogP contribution is -2.07. The van der Waals surface area contributed by atoms with Gasteiger partial charge in [0.25, 0.3) is 0 Å². The van der Waals surface area contributed by atoms with Gasteiger partial charge in [0.05, 0.1) is 4.88 Å². The Morgan fingerprint density at radius 2 is 2.00 bits per heavy atom. The first kappa shape index (κ1) is 12.2. The summed E-state index contributed by atoms with van der Waals surface area (Å²) in [7, 11) is 5.64. The maximum absolute atomic E-state index is 10.2. The van der Waals surface area contributed by atoms with E-state index in [9.17, 15) is 5.11 Å². The number of hydrogen-bond acceptors (Lipinski definition) is 3. The second kappa shape index (κ2) is 4.94. The Kier molecular flexibility index (Phi) is 3.55. The molecule has 1 aromatic heterocycles. The van der Waals surface area contributed by atoms with Gasteiger partial charge in [-0.2, -0.15) is 0 Å². The van der Waals surface area contributed by atoms with Crippen molar-refractivity contribution in [1.82, 2.24) is 0 Å². The highest BCUT2D eigenvalue weighted by molar-refractivity contribution is 7.14. The van der Waals surface area contributed by atoms with Crippen LogP contribution in [0.1, 0.15) is 18.4 Å². The lowest BCUT2D eigenvalue weighted by atomic mass is 9.94. The summed E-state index contributed by atoms with van der Waals surface area (Å²) in [6.45, 7) is 2.54. The summed E-state index contributed by atoms with van der Waals surface area (Å²) < 4.78 is 0. The second-order valence-electron chi connectivity index (χ2n) is 4.13. The van der Waals surface area contributed by atoms with Crippen LogP contribution in [0.4, 0.5) is 0 Å². The van der Waals surface area contributed by atoms with E-state index in [-0.39, 0.29) is 5.92 Å². The monoisotopic (exact) mass is 243 g/mol. The van der Waals surface area contributed by atoms with Crippen LogP contribution in [0.15, 0.2) is 29.6 Å². The molecular formula is C13H14BNOS. The van der Waals surface area contributed by atoms with Crippen LogP contribution < -0.4 is 11.2 Å². The molecule has 1 unspecified atom stereocenters. The predicted octanol–water partition coefficient (Wildman–Crippen LogP) is 1.98. The molecular weight excluding hydrogens is 229 g/mol. The van der Waals surface area contributed by atoms with Crippen molar-refractivity contribution >= 4 is 24.6 Å². The Morgan fingerprint density at radius 1 is 1.35 bits per heavy atom. The van der Waals surface area contributed by atoms with Crippen molar-refractivity contribution in [3.05, 3.63) is 35.2 Å². The normalized spacial score (nSPS) is 12.6. The zero-order valence-electron chi connectivity index (χ0n) is 9.68. The fourth-order valence-electron chi connectivity index (χ4n) is 1.68. The highest BCUT2D eigenvalue weighted by Gasteiger charge is 2.16. The number of rotatable bonds is 3. The van der Waals surface area contributed by atoms with Crippen LogP contribution >= 0.6 is 11.3 Å². The summed E-state index contributed by atoms with van der Waals surface area (Å²) in [5.41, 5.74) is 8.24. The van der Waals surface area contributed by atoms with E-state index in [1.54, 1.807) is 0 Å². The van der Waals surface area contributed by atoms with E-state index >= 15 is 0 Å². The summed E-state index contributed by atoms with van der Waals surface area (Å²) in [6, 6.07) is 7.50. The van der Waals surface area contributed by atoms with Crippen LogP contribution in [0.25, 0.3) is 10.4 Å². The number of hydrogen-bond donors (Lipinski definition) is 2. The Bertz CT molecular complexity index is 507. The summed E-state index contributed by atoms with van der Waals surface area (Å²) in [6.07, 6.45) is 0. The Morgan fingerprint density at radius 3 is 2.59 bits per heavy atom. The molecule has 2 radical (unpaired) electrons. The van der Waals surface area contributed by atoms with Gasteiger partial charge >= 0.3 is 0 Å². The summed E-state index contributed by atoms with van der Waals surface area (Å²) in [4.78, 5) is 0.875. The molecule has 0 aliphatic rings. The average molecular weight is 243 g/mol. The number of benzene rings is 1. The standard InChI is InChI=1S/C13H14BNOS/c1-8(6-15)11-7-17-13(12(11)16)9-2-4-10(14)5-3-9/h2-5,7-8,16H,6,15H2,1H3. The van der Waals surface area contributed by atoms with Crippen molar-refractivity contribution in [2.75, 3.05) is 6.54 Å². The SMILES string of the molecule is [B]c1ccc(-c2scc(C(C)CN)c2O)cc1. The molecule has 0 aliphatic carbocycles. The third-order valence-electron chi connectivity index (χ3n) is 2.85. The third-order valence-corrected chi connectivity index (χ3v) is 3.89. The lowest BCUT2D eigenvalue weighted by molar-refractivity contribution is 0.468. The molecule has 0 amide bonds. The van der Waals surface area contributed by atoms with Gasteiger partial charge in [0, 0.05) is 5.56 Å². The maximum Gasteiger partial charge on any atom is 0.137 e. The molecule has 4 heteroatoms. The Labute approximate surface area is 107 Å². The largest absolute Gasteiger partial charge is 0.506 e. The van der Waals surface area contributed by atoms with Crippen LogP contribution in [0.2, 0.25) is 0 Å². The fraction of sp³-hybridized carbons (Fsp3) is 0.231. The topological polar surface area (TPSA) is 46.2 Å². The molecule has 0 spiro atoms. The van der Waals surface area contributed by atoms with E-state index in [1.165, 1.54) is 11.3 Å². The Balaban J connectivity index is 2.40. The minimum Gasteiger partial charge on any atom is -0.506 e. The van der Waals surface area contributed by atoms with Gasteiger partial charge in [0.1, 0.15) is 13.6 Å². The molecule has 2 rings (SSSR count). The van der Waals surface area contributed by atoms with Gasteiger partial charge < -0.3 is 10.8 Å². The first-order valence-electron chi connectivity index (χ1n) is 5.49. The van der Waals surface area contributed by atoms with Gasteiger partial charge in [-0.15, -0.1) is 11.3 Å². The van der Waals surface area contributed by atoms with E-state index in [0.29, 0.717) is 12.3 Å². The van der Waals surface area contributed by atoms with E-state index < -0.39 is 0 Å². The molecule has 86 valence electrons. The first-order chi connectivity index (χ1) is 8.13. The van der Waals surface area contributed by atoms with Crippen molar-refractivity contribution in [1.29, 1.82) is 0 Å². The number of thiophene rings is 1. The number of aromatic hydroxyl groups is 1. The molecule has 0 aliphatic heterocycles. The van der Waals surface area contributed by atoms with Crippen LogP contribution in [-0.4, -0.2) is 19.5 Å². The molecule has 1 heterocycles. The van der Waals surface area contributed by atoms with Crippen molar-refractivity contribution < 1.29 is 5.11 Å². The molecule has 0 saturated carbocycles. The highest BCUT2D eigenvalue weighted by atomic mass is 32.1. The summed E-state index contributed by atoms with van der Waals surface area (Å²) in [5.74, 6) is 0.520. The van der Waals surface area contributed by atoms with Crippen LogP contribution in [-0.2, 0) is 0 Å². The van der Waals surface area contributed by atoms with Crippen LogP contribution in [0, 0.1) is 0 Å². The van der Waals surface area contributed by atoms with Gasteiger partial charge in [-0.1, -0.05) is 36.7 Å². The molecule has 1 atom stereocenters. The molecule has 2 nitrogen and oxygen atoms in total. The van der Waals surface area contributed by atoms with Crippen molar-refractivity contribution in [2.45, 2.75) is 12.8 Å². The first-order valence-corrected chi connectivity index (χ1v) is 6.37. The summed E-state index contributed by atoms with van der Waals surface area (Å²) >= 11 is 1.53. The molecule has 0 bridgehead atoms. The van der Waals surface area contributed by atoms with Gasteiger partial charge in [0.15, 0.2) is 0 Å². The third kappa shape index (κ3) is 2.38. The average Bonchev–Trinajstić information content (AvgIpc) is 2.71. The predicted molar refractivity (Wildman–Crippen MR) is 74.3 cm³/mol. The quantitative estimate of drug-likeness (QED) is 0.809. The smallest absolute Gasteiger partial charge is 0.137 e. The zero-order chi connectivity index (χ0) is 12.4. The molecule has 0 saturated heterocycles. The molecule has 2 aromatic rings. The van der Waals surface area contributed by atoms with Gasteiger partial charge in [0.2, 0.25) is 0 Å². The lowest BCUT2D eigenvalue weighted by Gasteiger charge is -2.07. The highest BCUT2D eigenvalue weighted by Crippen LogP contribution is 2.40. The van der Waals surface area contributed by atoms with Crippen LogP contribution in [0.5, 0.6) is 5.75 Å². The number of nitrogens with two attached hydrogens (primary N) is 1. The molecule has 17 heavy (non-hydrogen) atoms. The Hall–Kier alpha value is -1.26. The van der Waals surface area contributed by atoms with Gasteiger partial charge in [-0.05, 0) is 23.4 Å². The van der Waals surface area contributed by atoms with E-state index in [2.05, 4.69) is 0 Å². The molecule has 0 fully saturated rings. The maximum atomic E-state index is 10.2. The van der Waals surface area contributed by atoms with Crippen molar-refractivity contribution in [2.24, 2.45) is 5.73 Å². The minimum atomic E-state index is 0.175. The minimum absolute atomic E-state index is 0.175. The zero-order valence-corrected chi connectivity index (χ0v) is 10.5. The van der Waals surface area contributed by atoms with E-state index in [1.807, 2.05) is 36.6 Å². The van der Waals surface area contributed by atoms with Gasteiger partial charge in [-0.3, -0.25) is 0 Å². The van der Waals surface area contributed by atoms with Crippen molar-refractivity contribution in [3.63, 3.8) is 0 Å². The second-order valence-corrected chi connectivity index (χ2v) is 5.01. The molecule has 3 N–H and O–H groups in total. The van der Waals surface area contributed by atoms with Crippen LogP contribution in [0.3, 0.4) is 0 Å².